The summed E-state index contributed by atoms with van der Waals surface area (Å²) in [5.41, 5.74) is 8.37. The van der Waals surface area contributed by atoms with E-state index >= 15 is 0 Å². The summed E-state index contributed by atoms with van der Waals surface area (Å²) < 4.78 is 0. The van der Waals surface area contributed by atoms with E-state index in [2.05, 4.69) is 133 Å². The van der Waals surface area contributed by atoms with Crippen molar-refractivity contribution in [1.82, 2.24) is 0 Å². The van der Waals surface area contributed by atoms with Gasteiger partial charge >= 0.3 is 0 Å². The zero-order valence-corrected chi connectivity index (χ0v) is 18.7. The molecule has 4 aromatic rings. The average Bonchev–Trinajstić information content (AvgIpc) is 3.59. The molecule has 2 aliphatic carbocycles. The Labute approximate surface area is 196 Å². The van der Waals surface area contributed by atoms with Crippen LogP contribution in [0.5, 0.6) is 0 Å². The molecule has 2 aliphatic rings. The van der Waals surface area contributed by atoms with Crippen LogP contribution in [0.4, 0.5) is 0 Å². The van der Waals surface area contributed by atoms with Gasteiger partial charge in [0.2, 0.25) is 0 Å². The van der Waals surface area contributed by atoms with Crippen molar-refractivity contribution in [3.8, 4) is 0 Å². The van der Waals surface area contributed by atoms with E-state index in [-0.39, 0.29) is 0 Å². The molecule has 0 aromatic heterocycles. The molecule has 0 spiro atoms. The van der Waals surface area contributed by atoms with Gasteiger partial charge in [0.25, 0.3) is 0 Å². The molecule has 0 N–H and O–H groups in total. The van der Waals surface area contributed by atoms with Crippen LogP contribution in [0.2, 0.25) is 0 Å². The van der Waals surface area contributed by atoms with E-state index in [1.54, 1.807) is 0 Å². The third-order valence-corrected chi connectivity index (χ3v) is 7.33. The molecule has 4 aromatic carbocycles. The zero-order valence-electron chi connectivity index (χ0n) is 18.7. The molecular weight excluding hydrogens is 396 g/mol. The average molecular weight is 425 g/mol. The molecule has 33 heavy (non-hydrogen) atoms. The van der Waals surface area contributed by atoms with Gasteiger partial charge in [0.15, 0.2) is 0 Å². The first kappa shape index (κ1) is 20.0. The molecule has 0 bridgehead atoms. The fourth-order valence-electron chi connectivity index (χ4n) is 5.69. The second-order valence-electron chi connectivity index (χ2n) is 9.33. The van der Waals surface area contributed by atoms with Crippen LogP contribution >= 0.6 is 0 Å². The number of fused-ring (bicyclic) bond motifs is 1. The summed E-state index contributed by atoms with van der Waals surface area (Å²) in [5, 5.41) is 0. The molecule has 0 heterocycles. The van der Waals surface area contributed by atoms with Crippen molar-refractivity contribution in [2.75, 3.05) is 0 Å². The van der Waals surface area contributed by atoms with Crippen molar-refractivity contribution in [2.45, 2.75) is 12.3 Å². The Bertz CT molecular complexity index is 1240. The molecule has 1 fully saturated rings. The van der Waals surface area contributed by atoms with Crippen molar-refractivity contribution >= 4 is 5.57 Å². The Kier molecular flexibility index (Phi) is 5.28. The predicted molar refractivity (Wildman–Crippen MR) is 138 cm³/mol. The van der Waals surface area contributed by atoms with E-state index in [0.717, 1.165) is 6.42 Å². The largest absolute Gasteiger partial charge is 0.0799 e. The van der Waals surface area contributed by atoms with Gasteiger partial charge in [0.05, 0.1) is 0 Å². The van der Waals surface area contributed by atoms with Crippen LogP contribution in [0.3, 0.4) is 0 Å². The zero-order chi connectivity index (χ0) is 22.0. The Balaban J connectivity index is 1.32. The van der Waals surface area contributed by atoms with Gasteiger partial charge in [-0.2, -0.15) is 0 Å². The Morgan fingerprint density at radius 3 is 1.82 bits per heavy atom. The van der Waals surface area contributed by atoms with Crippen LogP contribution in [0.15, 0.2) is 133 Å². The van der Waals surface area contributed by atoms with Crippen LogP contribution in [0, 0.1) is 17.8 Å². The fourth-order valence-corrected chi connectivity index (χ4v) is 5.69. The lowest BCUT2D eigenvalue weighted by molar-refractivity contribution is 0.657. The topological polar surface area (TPSA) is 0 Å². The molecule has 1 saturated carbocycles. The molecule has 3 unspecified atom stereocenters. The molecule has 0 saturated heterocycles. The van der Waals surface area contributed by atoms with E-state index in [9.17, 15) is 0 Å². The third kappa shape index (κ3) is 3.98. The van der Waals surface area contributed by atoms with Crippen molar-refractivity contribution in [3.63, 3.8) is 0 Å². The minimum Gasteiger partial charge on any atom is -0.0799 e. The smallest absolute Gasteiger partial charge is 0.0129 e. The standard InChI is InChI=1S/C33H28/c1-4-12-24(13-5-1)22-27-18-10-11-19-29(27)28-20-21-30-31(23-28)33(30)32(25-14-6-2-7-15-25)26-16-8-3-9-17-26/h1-21,23,30-33H,22H2. The number of hydrogen-bond acceptors (Lipinski definition) is 0. The van der Waals surface area contributed by atoms with Gasteiger partial charge in [-0.15, -0.1) is 0 Å². The minimum atomic E-state index is 0.433. The van der Waals surface area contributed by atoms with Gasteiger partial charge in [0, 0.05) is 5.92 Å². The van der Waals surface area contributed by atoms with E-state index in [4.69, 9.17) is 0 Å². The summed E-state index contributed by atoms with van der Waals surface area (Å²) in [5.74, 6) is 2.27. The van der Waals surface area contributed by atoms with Gasteiger partial charge < -0.3 is 0 Å². The first-order valence-corrected chi connectivity index (χ1v) is 12.0. The summed E-state index contributed by atoms with van der Waals surface area (Å²) in [4.78, 5) is 0. The van der Waals surface area contributed by atoms with Gasteiger partial charge in [0.1, 0.15) is 0 Å². The van der Waals surface area contributed by atoms with Crippen LogP contribution in [-0.2, 0) is 6.42 Å². The van der Waals surface area contributed by atoms with Gasteiger partial charge in [-0.3, -0.25) is 0 Å². The van der Waals surface area contributed by atoms with Gasteiger partial charge in [-0.1, -0.05) is 133 Å². The first-order chi connectivity index (χ1) is 16.4. The first-order valence-electron chi connectivity index (χ1n) is 12.0. The Morgan fingerprint density at radius 1 is 0.576 bits per heavy atom. The summed E-state index contributed by atoms with van der Waals surface area (Å²) in [6.07, 6.45) is 8.37. The highest BCUT2D eigenvalue weighted by atomic mass is 14.6. The molecule has 0 amide bonds. The highest BCUT2D eigenvalue weighted by molar-refractivity contribution is 5.78. The van der Waals surface area contributed by atoms with Gasteiger partial charge in [-0.25, -0.2) is 0 Å². The van der Waals surface area contributed by atoms with Crippen molar-refractivity contribution in [2.24, 2.45) is 17.8 Å². The minimum absolute atomic E-state index is 0.433. The maximum atomic E-state index is 2.55. The molecule has 6 rings (SSSR count). The Hall–Kier alpha value is -3.64. The second kappa shape index (κ2) is 8.71. The fraction of sp³-hybridized carbons (Fsp3) is 0.152. The van der Waals surface area contributed by atoms with Crippen molar-refractivity contribution < 1.29 is 0 Å². The maximum Gasteiger partial charge on any atom is 0.0129 e. The second-order valence-corrected chi connectivity index (χ2v) is 9.33. The van der Waals surface area contributed by atoms with E-state index in [1.165, 1.54) is 33.4 Å². The molecular formula is C33H28. The van der Waals surface area contributed by atoms with Gasteiger partial charge in [-0.05, 0) is 57.6 Å². The molecule has 160 valence electrons. The lowest BCUT2D eigenvalue weighted by atomic mass is 9.85. The quantitative estimate of drug-likeness (QED) is 0.295. The normalized spacial score (nSPS) is 20.9. The predicted octanol–water partition coefficient (Wildman–Crippen LogP) is 7.92. The third-order valence-electron chi connectivity index (χ3n) is 7.33. The highest BCUT2D eigenvalue weighted by Crippen LogP contribution is 2.60. The number of rotatable bonds is 6. The maximum absolute atomic E-state index is 2.55. The number of allylic oxidation sites excluding steroid dienone is 4. The van der Waals surface area contributed by atoms with Crippen LogP contribution in [-0.4, -0.2) is 0 Å². The molecule has 3 atom stereocenters. The molecule has 0 radical (unpaired) electrons. The van der Waals surface area contributed by atoms with Crippen LogP contribution < -0.4 is 0 Å². The summed E-state index contributed by atoms with van der Waals surface area (Å²) in [6.45, 7) is 0. The SMILES string of the molecule is C1=CC2C(C=C1c1ccccc1Cc1ccccc1)C2C(c1ccccc1)c1ccccc1. The highest BCUT2D eigenvalue weighted by Gasteiger charge is 2.53. The number of benzene rings is 4. The molecule has 0 heteroatoms. The van der Waals surface area contributed by atoms with Crippen LogP contribution in [0.25, 0.3) is 5.57 Å². The summed E-state index contributed by atoms with van der Waals surface area (Å²) >= 11 is 0. The van der Waals surface area contributed by atoms with E-state index < -0.39 is 0 Å². The monoisotopic (exact) mass is 424 g/mol. The van der Waals surface area contributed by atoms with E-state index in [0.29, 0.717) is 23.7 Å². The molecule has 0 aliphatic heterocycles. The summed E-state index contributed by atoms with van der Waals surface area (Å²) in [7, 11) is 0. The lowest BCUT2D eigenvalue weighted by Crippen LogP contribution is -2.05. The van der Waals surface area contributed by atoms with Crippen molar-refractivity contribution in [1.29, 1.82) is 0 Å². The van der Waals surface area contributed by atoms with E-state index in [1.807, 2.05) is 0 Å². The van der Waals surface area contributed by atoms with Crippen molar-refractivity contribution in [3.05, 3.63) is 161 Å². The van der Waals surface area contributed by atoms with Crippen LogP contribution in [0.1, 0.15) is 33.7 Å². The Morgan fingerprint density at radius 2 is 1.15 bits per heavy atom. The summed E-state index contributed by atoms with van der Waals surface area (Å²) in [6, 6.07) is 41.8. The number of hydrogen-bond donors (Lipinski definition) is 0. The molecule has 0 nitrogen and oxygen atoms in total. The lowest BCUT2D eigenvalue weighted by Gasteiger charge is -2.18.